The van der Waals surface area contributed by atoms with E-state index in [1.54, 1.807) is 12.1 Å². The Morgan fingerprint density at radius 2 is 2.12 bits per heavy atom. The molecule has 0 saturated carbocycles. The fourth-order valence-electron chi connectivity index (χ4n) is 1.03. The standard InChI is InChI=1S/C9H9F3INO2/c10-9(11,12)6-16-5-4-14-3-1-2-7(13)8(14)15/h1-3H,4-6H2. The van der Waals surface area contributed by atoms with Crippen molar-refractivity contribution in [1.29, 1.82) is 0 Å². The van der Waals surface area contributed by atoms with Crippen LogP contribution in [0.2, 0.25) is 0 Å². The molecule has 0 aromatic carbocycles. The Hall–Kier alpha value is -0.570. The van der Waals surface area contributed by atoms with Gasteiger partial charge in [-0.05, 0) is 34.7 Å². The van der Waals surface area contributed by atoms with Gasteiger partial charge in [-0.3, -0.25) is 4.79 Å². The Bertz CT molecular complexity index is 402. The van der Waals surface area contributed by atoms with Crippen LogP contribution in [0.15, 0.2) is 23.1 Å². The van der Waals surface area contributed by atoms with E-state index in [0.29, 0.717) is 3.57 Å². The van der Waals surface area contributed by atoms with E-state index in [1.807, 2.05) is 22.6 Å². The third-order valence-electron chi connectivity index (χ3n) is 1.72. The molecule has 1 aromatic rings. The molecule has 0 unspecified atom stereocenters. The van der Waals surface area contributed by atoms with Gasteiger partial charge in [0.2, 0.25) is 0 Å². The van der Waals surface area contributed by atoms with E-state index in [4.69, 9.17) is 0 Å². The molecule has 0 bridgehead atoms. The molecule has 0 amide bonds. The van der Waals surface area contributed by atoms with Crippen molar-refractivity contribution in [3.05, 3.63) is 32.3 Å². The first-order valence-electron chi connectivity index (χ1n) is 4.39. The van der Waals surface area contributed by atoms with Gasteiger partial charge in [0.25, 0.3) is 5.56 Å². The van der Waals surface area contributed by atoms with E-state index in [0.717, 1.165) is 0 Å². The summed E-state index contributed by atoms with van der Waals surface area (Å²) in [6, 6.07) is 3.29. The number of halogens is 4. The molecule has 0 saturated heterocycles. The van der Waals surface area contributed by atoms with Gasteiger partial charge in [-0.2, -0.15) is 13.2 Å². The summed E-state index contributed by atoms with van der Waals surface area (Å²) in [4.78, 5) is 11.4. The van der Waals surface area contributed by atoms with Gasteiger partial charge in [0.15, 0.2) is 0 Å². The summed E-state index contributed by atoms with van der Waals surface area (Å²) in [6.45, 7) is -1.31. The highest BCUT2D eigenvalue weighted by Gasteiger charge is 2.27. The smallest absolute Gasteiger partial charge is 0.370 e. The van der Waals surface area contributed by atoms with Crippen molar-refractivity contribution in [2.45, 2.75) is 12.7 Å². The lowest BCUT2D eigenvalue weighted by Crippen LogP contribution is -2.25. The normalized spacial score (nSPS) is 11.8. The minimum Gasteiger partial charge on any atom is -0.370 e. The maximum Gasteiger partial charge on any atom is 0.411 e. The molecule has 90 valence electrons. The molecule has 0 aliphatic rings. The molecular formula is C9H9F3INO2. The van der Waals surface area contributed by atoms with E-state index in [1.165, 1.54) is 10.8 Å². The molecule has 0 fully saturated rings. The van der Waals surface area contributed by atoms with Crippen LogP contribution in [0.4, 0.5) is 13.2 Å². The minimum absolute atomic E-state index is 0.117. The zero-order valence-corrected chi connectivity index (χ0v) is 10.3. The van der Waals surface area contributed by atoms with Gasteiger partial charge in [0.05, 0.1) is 10.2 Å². The van der Waals surface area contributed by atoms with Crippen LogP contribution in [-0.2, 0) is 11.3 Å². The molecule has 0 radical (unpaired) electrons. The molecular weight excluding hydrogens is 338 g/mol. The largest absolute Gasteiger partial charge is 0.411 e. The predicted molar refractivity (Wildman–Crippen MR) is 60.3 cm³/mol. The third-order valence-corrected chi connectivity index (χ3v) is 2.54. The predicted octanol–water partition coefficient (Wildman–Crippen LogP) is 2.03. The van der Waals surface area contributed by atoms with Crippen molar-refractivity contribution in [2.24, 2.45) is 0 Å². The van der Waals surface area contributed by atoms with Crippen LogP contribution in [0.5, 0.6) is 0 Å². The number of nitrogens with zero attached hydrogens (tertiary/aromatic N) is 1. The Morgan fingerprint density at radius 1 is 1.44 bits per heavy atom. The van der Waals surface area contributed by atoms with Crippen molar-refractivity contribution in [3.63, 3.8) is 0 Å². The number of ether oxygens (including phenoxy) is 1. The van der Waals surface area contributed by atoms with Crippen LogP contribution in [0.3, 0.4) is 0 Å². The summed E-state index contributed by atoms with van der Waals surface area (Å²) in [5, 5.41) is 0. The summed E-state index contributed by atoms with van der Waals surface area (Å²) in [5.74, 6) is 0. The number of alkyl halides is 3. The number of hydrogen-bond donors (Lipinski definition) is 0. The monoisotopic (exact) mass is 347 g/mol. The number of hydrogen-bond acceptors (Lipinski definition) is 2. The molecule has 0 spiro atoms. The summed E-state index contributed by atoms with van der Waals surface area (Å²) in [6.07, 6.45) is -2.81. The molecule has 0 aliphatic carbocycles. The SMILES string of the molecule is O=c1c(I)cccn1CCOCC(F)(F)F. The maximum atomic E-state index is 11.7. The van der Waals surface area contributed by atoms with Crippen LogP contribution in [-0.4, -0.2) is 24.0 Å². The quantitative estimate of drug-likeness (QED) is 0.617. The average Bonchev–Trinajstić information content (AvgIpc) is 2.17. The lowest BCUT2D eigenvalue weighted by molar-refractivity contribution is -0.174. The molecule has 0 aliphatic heterocycles. The second-order valence-corrected chi connectivity index (χ2v) is 4.18. The fraction of sp³-hybridized carbons (Fsp3) is 0.444. The van der Waals surface area contributed by atoms with E-state index >= 15 is 0 Å². The van der Waals surface area contributed by atoms with Crippen molar-refractivity contribution in [2.75, 3.05) is 13.2 Å². The Kier molecular flexibility index (Phi) is 4.78. The van der Waals surface area contributed by atoms with Crippen LogP contribution in [0, 0.1) is 3.57 Å². The highest BCUT2D eigenvalue weighted by molar-refractivity contribution is 14.1. The van der Waals surface area contributed by atoms with Gasteiger partial charge in [0, 0.05) is 12.7 Å². The van der Waals surface area contributed by atoms with Crippen LogP contribution < -0.4 is 5.56 Å². The van der Waals surface area contributed by atoms with Crippen molar-refractivity contribution < 1.29 is 17.9 Å². The van der Waals surface area contributed by atoms with Gasteiger partial charge in [-0.1, -0.05) is 0 Å². The first kappa shape index (κ1) is 13.5. The zero-order chi connectivity index (χ0) is 12.2. The van der Waals surface area contributed by atoms with Gasteiger partial charge < -0.3 is 9.30 Å². The molecule has 7 heteroatoms. The van der Waals surface area contributed by atoms with Crippen LogP contribution in [0.1, 0.15) is 0 Å². The molecule has 3 nitrogen and oxygen atoms in total. The Labute approximate surface area is 103 Å². The summed E-state index contributed by atoms with van der Waals surface area (Å²) in [5.41, 5.74) is -0.223. The Balaban J connectivity index is 2.44. The number of rotatable bonds is 4. The molecule has 1 rings (SSSR count). The molecule has 1 aromatic heterocycles. The Morgan fingerprint density at radius 3 is 2.75 bits per heavy atom. The maximum absolute atomic E-state index is 11.7. The number of aromatic nitrogens is 1. The number of pyridine rings is 1. The fourth-order valence-corrected chi connectivity index (χ4v) is 1.55. The van der Waals surface area contributed by atoms with E-state index in [-0.39, 0.29) is 18.7 Å². The lowest BCUT2D eigenvalue weighted by Gasteiger charge is -2.09. The van der Waals surface area contributed by atoms with Crippen molar-refractivity contribution in [1.82, 2.24) is 4.57 Å². The van der Waals surface area contributed by atoms with Crippen molar-refractivity contribution in [3.8, 4) is 0 Å². The third kappa shape index (κ3) is 4.52. The minimum atomic E-state index is -4.32. The van der Waals surface area contributed by atoms with Crippen molar-refractivity contribution >= 4 is 22.6 Å². The van der Waals surface area contributed by atoms with E-state index in [9.17, 15) is 18.0 Å². The van der Waals surface area contributed by atoms with E-state index < -0.39 is 12.8 Å². The van der Waals surface area contributed by atoms with Gasteiger partial charge in [0.1, 0.15) is 6.61 Å². The highest BCUT2D eigenvalue weighted by atomic mass is 127. The van der Waals surface area contributed by atoms with Gasteiger partial charge in [-0.25, -0.2) is 0 Å². The van der Waals surface area contributed by atoms with Gasteiger partial charge in [-0.15, -0.1) is 0 Å². The van der Waals surface area contributed by atoms with Gasteiger partial charge >= 0.3 is 6.18 Å². The van der Waals surface area contributed by atoms with Crippen LogP contribution >= 0.6 is 22.6 Å². The van der Waals surface area contributed by atoms with E-state index in [2.05, 4.69) is 4.74 Å². The topological polar surface area (TPSA) is 31.2 Å². The molecule has 16 heavy (non-hydrogen) atoms. The second-order valence-electron chi connectivity index (χ2n) is 3.02. The lowest BCUT2D eigenvalue weighted by atomic mass is 10.4. The zero-order valence-electron chi connectivity index (χ0n) is 8.13. The average molecular weight is 347 g/mol. The molecule has 0 atom stereocenters. The summed E-state index contributed by atoms with van der Waals surface area (Å²) >= 11 is 1.87. The first-order chi connectivity index (χ1) is 7.40. The summed E-state index contributed by atoms with van der Waals surface area (Å²) < 4.78 is 41.4. The summed E-state index contributed by atoms with van der Waals surface area (Å²) in [7, 11) is 0. The second kappa shape index (κ2) is 5.67. The first-order valence-corrected chi connectivity index (χ1v) is 5.47. The van der Waals surface area contributed by atoms with Crippen LogP contribution in [0.25, 0.3) is 0 Å². The highest BCUT2D eigenvalue weighted by Crippen LogP contribution is 2.14. The molecule has 1 heterocycles. The molecule has 0 N–H and O–H groups in total.